The van der Waals surface area contributed by atoms with E-state index in [1.165, 1.54) is 12.8 Å². The van der Waals surface area contributed by atoms with Crippen LogP contribution in [0, 0.1) is 5.92 Å². The summed E-state index contributed by atoms with van der Waals surface area (Å²) in [4.78, 5) is 2.50. The maximum Gasteiger partial charge on any atom is 0.0680 e. The van der Waals surface area contributed by atoms with E-state index < -0.39 is 0 Å². The Morgan fingerprint density at radius 2 is 1.71 bits per heavy atom. The molecule has 3 rings (SSSR count). The summed E-state index contributed by atoms with van der Waals surface area (Å²) in [6.45, 7) is 1.79. The summed E-state index contributed by atoms with van der Waals surface area (Å²) < 4.78 is 5.40. The fourth-order valence-electron chi connectivity index (χ4n) is 4.20. The minimum Gasteiger partial charge on any atom is -0.390 e. The van der Waals surface area contributed by atoms with Gasteiger partial charge in [-0.1, -0.05) is 0 Å². The number of ether oxygens (including phenoxy) is 1. The summed E-state index contributed by atoms with van der Waals surface area (Å²) in [6, 6.07) is 1.28. The molecule has 0 aromatic carbocycles. The van der Waals surface area contributed by atoms with Crippen LogP contribution in [0.1, 0.15) is 44.9 Å². The van der Waals surface area contributed by atoms with Crippen LogP contribution in [0.25, 0.3) is 0 Å². The number of fused-ring (bicyclic) bond motifs is 2. The van der Waals surface area contributed by atoms with Crippen molar-refractivity contribution in [3.8, 4) is 0 Å². The first-order valence-electron chi connectivity index (χ1n) is 7.18. The maximum absolute atomic E-state index is 10.9. The summed E-state index contributed by atoms with van der Waals surface area (Å²) in [7, 11) is 2.23. The van der Waals surface area contributed by atoms with Crippen molar-refractivity contribution in [2.45, 2.75) is 62.6 Å². The van der Waals surface area contributed by atoms with Crippen molar-refractivity contribution in [1.82, 2.24) is 4.90 Å². The van der Waals surface area contributed by atoms with E-state index in [9.17, 15) is 5.11 Å². The first-order valence-corrected chi connectivity index (χ1v) is 7.18. The summed E-state index contributed by atoms with van der Waals surface area (Å²) in [5, 5.41) is 10.9. The van der Waals surface area contributed by atoms with Gasteiger partial charge in [-0.25, -0.2) is 0 Å². The van der Waals surface area contributed by atoms with E-state index in [1.807, 2.05) is 0 Å². The van der Waals surface area contributed by atoms with Crippen LogP contribution in [0.3, 0.4) is 0 Å². The van der Waals surface area contributed by atoms with Crippen molar-refractivity contribution >= 4 is 0 Å². The minimum absolute atomic E-state index is 0.375. The predicted octanol–water partition coefficient (Wildman–Crippen LogP) is 1.79. The van der Waals surface area contributed by atoms with Gasteiger partial charge in [0.15, 0.2) is 0 Å². The lowest BCUT2D eigenvalue weighted by Crippen LogP contribution is -2.50. The van der Waals surface area contributed by atoms with Crippen molar-refractivity contribution in [2.24, 2.45) is 5.92 Å². The van der Waals surface area contributed by atoms with Gasteiger partial charge in [0.1, 0.15) is 0 Å². The fourth-order valence-corrected chi connectivity index (χ4v) is 4.20. The molecule has 3 fully saturated rings. The van der Waals surface area contributed by atoms with Gasteiger partial charge in [-0.3, -0.25) is 0 Å². The molecule has 3 heteroatoms. The Hall–Kier alpha value is -0.120. The molecule has 3 aliphatic heterocycles. The first-order chi connectivity index (χ1) is 8.16. The first kappa shape index (κ1) is 11.9. The lowest BCUT2D eigenvalue weighted by molar-refractivity contribution is -0.0700. The number of aliphatic hydroxyl groups is 1. The lowest BCUT2D eigenvalue weighted by atomic mass is 9.77. The van der Waals surface area contributed by atoms with Crippen molar-refractivity contribution in [1.29, 1.82) is 0 Å². The van der Waals surface area contributed by atoms with Crippen LogP contribution in [0.15, 0.2) is 0 Å². The average Bonchev–Trinajstić information content (AvgIpc) is 2.54. The molecule has 0 spiro atoms. The van der Waals surface area contributed by atoms with Gasteiger partial charge in [0.05, 0.1) is 5.60 Å². The normalized spacial score (nSPS) is 44.1. The van der Waals surface area contributed by atoms with Crippen LogP contribution in [0.5, 0.6) is 0 Å². The quantitative estimate of drug-likeness (QED) is 0.797. The Morgan fingerprint density at radius 3 is 2.29 bits per heavy atom. The monoisotopic (exact) mass is 239 g/mol. The topological polar surface area (TPSA) is 32.7 Å². The molecule has 0 aromatic rings. The number of rotatable bonds is 2. The fraction of sp³-hybridized carbons (Fsp3) is 1.00. The van der Waals surface area contributed by atoms with Gasteiger partial charge in [-0.2, -0.15) is 0 Å². The Labute approximate surface area is 104 Å². The Balaban J connectivity index is 1.62. The smallest absolute Gasteiger partial charge is 0.0680 e. The van der Waals surface area contributed by atoms with Crippen LogP contribution < -0.4 is 0 Å². The molecule has 3 nitrogen and oxygen atoms in total. The van der Waals surface area contributed by atoms with E-state index in [0.29, 0.717) is 18.0 Å². The highest BCUT2D eigenvalue weighted by Crippen LogP contribution is 2.43. The van der Waals surface area contributed by atoms with Crippen molar-refractivity contribution in [2.75, 3.05) is 20.3 Å². The van der Waals surface area contributed by atoms with E-state index in [1.54, 1.807) is 0 Å². The van der Waals surface area contributed by atoms with E-state index >= 15 is 0 Å². The molecule has 98 valence electrons. The summed E-state index contributed by atoms with van der Waals surface area (Å²) in [5.41, 5.74) is -0.375. The van der Waals surface area contributed by atoms with Gasteiger partial charge in [0.25, 0.3) is 0 Å². The Kier molecular flexibility index (Phi) is 3.18. The molecule has 2 unspecified atom stereocenters. The molecule has 0 saturated carbocycles. The van der Waals surface area contributed by atoms with E-state index in [2.05, 4.69) is 11.9 Å². The molecular weight excluding hydrogens is 214 g/mol. The second-order valence-corrected chi connectivity index (χ2v) is 6.44. The largest absolute Gasteiger partial charge is 0.390 e. The zero-order valence-electron chi connectivity index (χ0n) is 10.9. The van der Waals surface area contributed by atoms with Crippen molar-refractivity contribution in [3.05, 3.63) is 0 Å². The molecule has 0 radical (unpaired) electrons. The molecule has 2 atom stereocenters. The third kappa shape index (κ3) is 2.38. The van der Waals surface area contributed by atoms with Crippen LogP contribution in [-0.4, -0.2) is 48.0 Å². The number of hydrogen-bond acceptors (Lipinski definition) is 3. The molecular formula is C14H25NO2. The van der Waals surface area contributed by atoms with Gasteiger partial charge < -0.3 is 14.7 Å². The third-order valence-electron chi connectivity index (χ3n) is 5.23. The highest BCUT2D eigenvalue weighted by Gasteiger charge is 2.46. The van der Waals surface area contributed by atoms with Crippen LogP contribution in [-0.2, 0) is 4.74 Å². The molecule has 3 heterocycles. The van der Waals surface area contributed by atoms with E-state index in [4.69, 9.17) is 4.74 Å². The number of hydrogen-bond donors (Lipinski definition) is 1. The van der Waals surface area contributed by atoms with Gasteiger partial charge in [-0.15, -0.1) is 0 Å². The van der Waals surface area contributed by atoms with Crippen LogP contribution in [0.4, 0.5) is 0 Å². The van der Waals surface area contributed by atoms with Crippen LogP contribution >= 0.6 is 0 Å². The Bertz CT molecular complexity index is 261. The van der Waals surface area contributed by atoms with Gasteiger partial charge in [0, 0.05) is 25.3 Å². The van der Waals surface area contributed by atoms with E-state index in [0.717, 1.165) is 45.3 Å². The standard InChI is InChI=1S/C14H25NO2/c1-15-12-2-3-13(15)10-14(16,9-12)8-11-4-6-17-7-5-11/h11-13,16H,2-10H2,1H3. The second kappa shape index (κ2) is 4.52. The number of nitrogens with zero attached hydrogens (tertiary/aromatic N) is 1. The highest BCUT2D eigenvalue weighted by molar-refractivity contribution is 5.01. The number of piperidine rings is 1. The summed E-state index contributed by atoms with van der Waals surface area (Å²) in [5.74, 6) is 0.691. The van der Waals surface area contributed by atoms with Crippen LogP contribution in [0.2, 0.25) is 0 Å². The molecule has 2 bridgehead atoms. The van der Waals surface area contributed by atoms with Gasteiger partial charge in [-0.05, 0) is 57.9 Å². The highest BCUT2D eigenvalue weighted by atomic mass is 16.5. The third-order valence-corrected chi connectivity index (χ3v) is 5.23. The molecule has 0 aromatic heterocycles. The van der Waals surface area contributed by atoms with E-state index in [-0.39, 0.29) is 5.60 Å². The zero-order valence-corrected chi connectivity index (χ0v) is 10.9. The predicted molar refractivity (Wildman–Crippen MR) is 66.9 cm³/mol. The van der Waals surface area contributed by atoms with Gasteiger partial charge >= 0.3 is 0 Å². The molecule has 0 aliphatic carbocycles. The van der Waals surface area contributed by atoms with Gasteiger partial charge in [0.2, 0.25) is 0 Å². The molecule has 17 heavy (non-hydrogen) atoms. The summed E-state index contributed by atoms with van der Waals surface area (Å²) in [6.07, 6.45) is 7.88. The summed E-state index contributed by atoms with van der Waals surface area (Å²) >= 11 is 0. The molecule has 3 aliphatic rings. The second-order valence-electron chi connectivity index (χ2n) is 6.44. The van der Waals surface area contributed by atoms with Crippen molar-refractivity contribution < 1.29 is 9.84 Å². The maximum atomic E-state index is 10.9. The molecule has 1 N–H and O–H groups in total. The lowest BCUT2D eigenvalue weighted by Gasteiger charge is -2.44. The SMILES string of the molecule is CN1C2CCC1CC(O)(CC1CCOCC1)C2. The Morgan fingerprint density at radius 1 is 1.12 bits per heavy atom. The zero-order chi connectivity index (χ0) is 11.9. The molecule has 0 amide bonds. The average molecular weight is 239 g/mol. The van der Waals surface area contributed by atoms with Crippen molar-refractivity contribution in [3.63, 3.8) is 0 Å². The minimum atomic E-state index is -0.375. The molecule has 3 saturated heterocycles.